The number of hydrogen-bond donors (Lipinski definition) is 1. The average Bonchev–Trinajstić information content (AvgIpc) is 2.36. The maximum absolute atomic E-state index is 12.1. The van der Waals surface area contributed by atoms with E-state index in [1.807, 2.05) is 0 Å². The molecule has 1 rings (SSSR count). The Morgan fingerprint density at radius 3 is 2.50 bits per heavy atom. The molecule has 0 saturated carbocycles. The number of hydrogen-bond acceptors (Lipinski definition) is 3. The van der Waals surface area contributed by atoms with Gasteiger partial charge in [-0.3, -0.25) is 0 Å². The molecule has 0 bridgehead atoms. The van der Waals surface area contributed by atoms with Gasteiger partial charge in [0.2, 0.25) is 0 Å². The third kappa shape index (κ3) is 8.67. The predicted molar refractivity (Wildman–Crippen MR) is 86.0 cm³/mol. The van der Waals surface area contributed by atoms with Crippen molar-refractivity contribution in [1.82, 2.24) is 5.32 Å². The third-order valence-electron chi connectivity index (χ3n) is 2.48. The molecule has 0 aromatic heterocycles. The van der Waals surface area contributed by atoms with Crippen LogP contribution in [0.5, 0.6) is 5.75 Å². The highest BCUT2D eigenvalue weighted by Crippen LogP contribution is 2.28. The van der Waals surface area contributed by atoms with Gasteiger partial charge in [0, 0.05) is 6.54 Å². The first-order valence-electron chi connectivity index (χ1n) is 7.15. The maximum atomic E-state index is 12.1. The zero-order chi connectivity index (χ0) is 18.4. The maximum Gasteiger partial charge on any atom is 0.573 e. The lowest BCUT2D eigenvalue weighted by Crippen LogP contribution is -2.32. The molecule has 0 heterocycles. The Labute approximate surface area is 143 Å². The summed E-state index contributed by atoms with van der Waals surface area (Å²) in [6.07, 6.45) is -1.37. The van der Waals surface area contributed by atoms with E-state index in [4.69, 9.17) is 16.3 Å². The van der Waals surface area contributed by atoms with Gasteiger partial charge < -0.3 is 14.8 Å². The first kappa shape index (κ1) is 20.2. The highest BCUT2D eigenvalue weighted by atomic mass is 35.5. The largest absolute Gasteiger partial charge is 0.573 e. The molecule has 0 spiro atoms. The zero-order valence-corrected chi connectivity index (χ0v) is 14.3. The van der Waals surface area contributed by atoms with Crippen LogP contribution >= 0.6 is 11.6 Å². The second-order valence-electron chi connectivity index (χ2n) is 5.85. The molecule has 134 valence electrons. The molecule has 4 nitrogen and oxygen atoms in total. The fraction of sp³-hybridized carbons (Fsp3) is 0.438. The van der Waals surface area contributed by atoms with Crippen LogP contribution in [0.1, 0.15) is 32.8 Å². The van der Waals surface area contributed by atoms with Gasteiger partial charge in [-0.05, 0) is 51.0 Å². The van der Waals surface area contributed by atoms with Gasteiger partial charge in [0.25, 0.3) is 0 Å². The topological polar surface area (TPSA) is 47.6 Å². The van der Waals surface area contributed by atoms with Gasteiger partial charge in [0.1, 0.15) is 11.4 Å². The Morgan fingerprint density at radius 1 is 1.29 bits per heavy atom. The standard InChI is InChI=1S/C16H19ClF3NO3/c1-15(2,3)24-14(22)21-9-5-4-6-11-7-8-12(10-13(11)17)23-16(18,19)20/h4,6-8,10H,5,9H2,1-3H3,(H,21,22). The molecule has 0 aliphatic heterocycles. The molecule has 1 N–H and O–H groups in total. The Kier molecular flexibility index (Phi) is 6.95. The monoisotopic (exact) mass is 365 g/mol. The van der Waals surface area contributed by atoms with Gasteiger partial charge in [-0.1, -0.05) is 23.8 Å². The molecule has 0 saturated heterocycles. The molecule has 0 unspecified atom stereocenters. The van der Waals surface area contributed by atoms with E-state index in [2.05, 4.69) is 10.1 Å². The van der Waals surface area contributed by atoms with Crippen LogP contribution in [0.2, 0.25) is 5.02 Å². The van der Waals surface area contributed by atoms with Crippen molar-refractivity contribution in [2.75, 3.05) is 6.54 Å². The summed E-state index contributed by atoms with van der Waals surface area (Å²) >= 11 is 5.91. The molecular formula is C16H19ClF3NO3. The second-order valence-corrected chi connectivity index (χ2v) is 6.26. The first-order valence-corrected chi connectivity index (χ1v) is 7.53. The summed E-state index contributed by atoms with van der Waals surface area (Å²) in [5.41, 5.74) is -0.0170. The molecule has 24 heavy (non-hydrogen) atoms. The van der Waals surface area contributed by atoms with Crippen molar-refractivity contribution < 1.29 is 27.4 Å². The summed E-state index contributed by atoms with van der Waals surface area (Å²) in [7, 11) is 0. The van der Waals surface area contributed by atoms with Crippen LogP contribution < -0.4 is 10.1 Å². The summed E-state index contributed by atoms with van der Waals surface area (Å²) in [5.74, 6) is -0.378. The molecule has 8 heteroatoms. The zero-order valence-electron chi connectivity index (χ0n) is 13.5. The molecule has 0 aliphatic rings. The van der Waals surface area contributed by atoms with Crippen LogP contribution in [0, 0.1) is 0 Å². The van der Waals surface area contributed by atoms with Gasteiger partial charge in [0.15, 0.2) is 0 Å². The van der Waals surface area contributed by atoms with Crippen LogP contribution in [-0.2, 0) is 4.74 Å². The fourth-order valence-corrected chi connectivity index (χ4v) is 1.86. The van der Waals surface area contributed by atoms with Crippen molar-refractivity contribution in [2.45, 2.75) is 39.2 Å². The Hall–Kier alpha value is -1.89. The number of benzene rings is 1. The van der Waals surface area contributed by atoms with E-state index < -0.39 is 18.1 Å². The summed E-state index contributed by atoms with van der Waals surface area (Å²) in [4.78, 5) is 11.4. The molecule has 0 fully saturated rings. The van der Waals surface area contributed by atoms with E-state index in [1.165, 1.54) is 12.1 Å². The number of carbonyl (C=O) groups is 1. The van der Waals surface area contributed by atoms with Crippen molar-refractivity contribution in [3.8, 4) is 5.75 Å². The Balaban J connectivity index is 2.46. The molecule has 1 amide bonds. The lowest BCUT2D eigenvalue weighted by Gasteiger charge is -2.19. The number of nitrogens with one attached hydrogen (secondary N) is 1. The number of alkyl carbamates (subject to hydrolysis) is 1. The lowest BCUT2D eigenvalue weighted by molar-refractivity contribution is -0.274. The van der Waals surface area contributed by atoms with E-state index in [9.17, 15) is 18.0 Å². The van der Waals surface area contributed by atoms with Crippen molar-refractivity contribution >= 4 is 23.8 Å². The molecule has 0 aliphatic carbocycles. The number of amides is 1. The van der Waals surface area contributed by atoms with Crippen LogP contribution in [0.15, 0.2) is 24.3 Å². The SMILES string of the molecule is CC(C)(C)OC(=O)NCCC=Cc1ccc(OC(F)(F)F)cc1Cl. The number of rotatable bonds is 5. The normalized spacial score (nSPS) is 12.3. The number of halogens is 4. The lowest BCUT2D eigenvalue weighted by atomic mass is 10.2. The van der Waals surface area contributed by atoms with Gasteiger partial charge in [-0.2, -0.15) is 0 Å². The molecule has 1 aromatic carbocycles. The highest BCUT2D eigenvalue weighted by molar-refractivity contribution is 6.32. The quantitative estimate of drug-likeness (QED) is 0.732. The van der Waals surface area contributed by atoms with Crippen molar-refractivity contribution in [3.05, 3.63) is 34.9 Å². The van der Waals surface area contributed by atoms with Gasteiger partial charge >= 0.3 is 12.5 Å². The van der Waals surface area contributed by atoms with E-state index in [-0.39, 0.29) is 10.8 Å². The molecule has 1 aromatic rings. The van der Waals surface area contributed by atoms with E-state index >= 15 is 0 Å². The summed E-state index contributed by atoms with van der Waals surface area (Å²) in [5, 5.41) is 2.72. The third-order valence-corrected chi connectivity index (χ3v) is 2.81. The van der Waals surface area contributed by atoms with E-state index in [0.29, 0.717) is 18.5 Å². The number of alkyl halides is 3. The minimum atomic E-state index is -4.76. The van der Waals surface area contributed by atoms with Crippen molar-refractivity contribution in [2.24, 2.45) is 0 Å². The Bertz CT molecular complexity index is 595. The summed E-state index contributed by atoms with van der Waals surface area (Å²) in [6.45, 7) is 5.65. The fourth-order valence-electron chi connectivity index (χ4n) is 1.62. The average molecular weight is 366 g/mol. The van der Waals surface area contributed by atoms with Gasteiger partial charge in [-0.15, -0.1) is 13.2 Å². The van der Waals surface area contributed by atoms with Crippen molar-refractivity contribution in [3.63, 3.8) is 0 Å². The van der Waals surface area contributed by atoms with Crippen LogP contribution in [0.4, 0.5) is 18.0 Å². The van der Waals surface area contributed by atoms with E-state index in [1.54, 1.807) is 32.9 Å². The second kappa shape index (κ2) is 8.28. The summed E-state index contributed by atoms with van der Waals surface area (Å²) in [6, 6.07) is 3.69. The van der Waals surface area contributed by atoms with Crippen LogP contribution in [-0.4, -0.2) is 24.6 Å². The van der Waals surface area contributed by atoms with E-state index in [0.717, 1.165) is 6.07 Å². The van der Waals surface area contributed by atoms with Crippen LogP contribution in [0.25, 0.3) is 6.08 Å². The summed E-state index contributed by atoms with van der Waals surface area (Å²) < 4.78 is 45.2. The minimum absolute atomic E-state index is 0.133. The Morgan fingerprint density at radius 2 is 1.96 bits per heavy atom. The molecule has 0 radical (unpaired) electrons. The predicted octanol–water partition coefficient (Wildman–Crippen LogP) is 5.17. The molecular weight excluding hydrogens is 347 g/mol. The highest BCUT2D eigenvalue weighted by Gasteiger charge is 2.31. The minimum Gasteiger partial charge on any atom is -0.444 e. The van der Waals surface area contributed by atoms with Crippen molar-refractivity contribution in [1.29, 1.82) is 0 Å². The number of ether oxygens (including phenoxy) is 2. The smallest absolute Gasteiger partial charge is 0.444 e. The van der Waals surface area contributed by atoms with Crippen LogP contribution in [0.3, 0.4) is 0 Å². The van der Waals surface area contributed by atoms with Gasteiger partial charge in [0.05, 0.1) is 5.02 Å². The number of carbonyl (C=O) groups excluding carboxylic acids is 1. The van der Waals surface area contributed by atoms with Gasteiger partial charge in [-0.25, -0.2) is 4.79 Å². The molecule has 0 atom stereocenters. The first-order chi connectivity index (χ1) is 11.0.